The molecule has 0 atom stereocenters. The number of hydrogen-bond acceptors (Lipinski definition) is 3. The van der Waals surface area contributed by atoms with Crippen LogP contribution in [0.1, 0.15) is 66.4 Å². The van der Waals surface area contributed by atoms with E-state index in [0.29, 0.717) is 0 Å². The van der Waals surface area contributed by atoms with Gasteiger partial charge in [0.05, 0.1) is 0 Å². The van der Waals surface area contributed by atoms with Gasteiger partial charge in [0, 0.05) is 54.4 Å². The van der Waals surface area contributed by atoms with Crippen LogP contribution in [-0.2, 0) is 6.42 Å². The monoisotopic (exact) mass is 443 g/mol. The van der Waals surface area contributed by atoms with Crippen molar-refractivity contribution in [2.24, 2.45) is 4.99 Å². The number of hydrogen-bond donors (Lipinski definition) is 1. The highest BCUT2D eigenvalue weighted by atomic mass is 35.5. The van der Waals surface area contributed by atoms with Gasteiger partial charge in [-0.25, -0.2) is 0 Å². The maximum atomic E-state index is 5.71. The summed E-state index contributed by atoms with van der Waals surface area (Å²) in [5, 5.41) is 4.24. The fraction of sp³-hybridized carbons (Fsp3) is 0.519. The predicted molar refractivity (Wildman–Crippen MR) is 139 cm³/mol. The van der Waals surface area contributed by atoms with Gasteiger partial charge in [0.25, 0.3) is 0 Å². The quantitative estimate of drug-likeness (QED) is 0.339. The van der Waals surface area contributed by atoms with Crippen LogP contribution in [0.15, 0.2) is 64.5 Å². The number of benzene rings is 1. The highest BCUT2D eigenvalue weighted by molar-refractivity contribution is 6.30. The first-order chi connectivity index (χ1) is 15.0. The van der Waals surface area contributed by atoms with Gasteiger partial charge in [-0.1, -0.05) is 63.1 Å². The zero-order valence-corrected chi connectivity index (χ0v) is 21.2. The molecule has 4 heteroatoms. The van der Waals surface area contributed by atoms with Crippen LogP contribution in [-0.4, -0.2) is 36.8 Å². The van der Waals surface area contributed by atoms with Crippen molar-refractivity contribution in [2.75, 3.05) is 26.2 Å². The van der Waals surface area contributed by atoms with E-state index in [4.69, 9.17) is 11.6 Å². The molecular formula is C27H42ClN3. The third-order valence-corrected chi connectivity index (χ3v) is 5.68. The summed E-state index contributed by atoms with van der Waals surface area (Å²) in [5.41, 5.74) is 6.55. The molecule has 31 heavy (non-hydrogen) atoms. The van der Waals surface area contributed by atoms with Crippen molar-refractivity contribution < 1.29 is 0 Å². The number of rotatable bonds is 8. The van der Waals surface area contributed by atoms with E-state index in [1.807, 2.05) is 18.3 Å². The molecule has 0 radical (unpaired) electrons. The van der Waals surface area contributed by atoms with Gasteiger partial charge in [-0.15, -0.1) is 0 Å². The maximum Gasteiger partial charge on any atom is 0.0464 e. The number of piperazine rings is 1. The van der Waals surface area contributed by atoms with Gasteiger partial charge in [-0.05, 0) is 63.3 Å². The van der Waals surface area contributed by atoms with Crippen molar-refractivity contribution in [2.45, 2.75) is 67.2 Å². The Morgan fingerprint density at radius 2 is 1.74 bits per heavy atom. The van der Waals surface area contributed by atoms with Crippen LogP contribution in [0.4, 0.5) is 0 Å². The molecule has 1 N–H and O–H groups in total. The van der Waals surface area contributed by atoms with Crippen LogP contribution < -0.4 is 5.32 Å². The maximum absolute atomic E-state index is 5.71. The Morgan fingerprint density at radius 1 is 1.10 bits per heavy atom. The van der Waals surface area contributed by atoms with Gasteiger partial charge < -0.3 is 10.2 Å². The molecule has 0 spiro atoms. The van der Waals surface area contributed by atoms with Gasteiger partial charge in [0.2, 0.25) is 0 Å². The molecule has 0 aliphatic carbocycles. The molecule has 1 saturated heterocycles. The van der Waals surface area contributed by atoms with E-state index >= 15 is 0 Å². The summed E-state index contributed by atoms with van der Waals surface area (Å²) in [6.45, 7) is 17.3. The molecule has 0 saturated carbocycles. The van der Waals surface area contributed by atoms with Crippen molar-refractivity contribution >= 4 is 17.3 Å². The number of allylic oxidation sites excluding steroid dienone is 5. The highest BCUT2D eigenvalue weighted by Gasteiger charge is 2.17. The number of halogens is 1. The average Bonchev–Trinajstić information content (AvgIpc) is 2.79. The molecule has 0 aromatic heterocycles. The Bertz CT molecular complexity index is 751. The standard InChI is InChI=1S/C18H31N3.C9H11Cl/c1-6-9-10-20-15(4)18(17(7-2)8-3)16(5)21-13-11-19-12-14-21;1-2-3-8-4-6-9(10)7-5-8/h7,9-10,19H,6,8,11-14H2,1-5H3;4-7H,2-3H2,1H3/b10-9+,17-7-,18-16-,20-15+;. The number of nitrogens with zero attached hydrogens (tertiary/aromatic N) is 2. The topological polar surface area (TPSA) is 27.6 Å². The first kappa shape index (κ1) is 27.2. The molecule has 1 heterocycles. The molecule has 1 aromatic carbocycles. The van der Waals surface area contributed by atoms with Crippen LogP contribution in [0.25, 0.3) is 0 Å². The van der Waals surface area contributed by atoms with Gasteiger partial charge in [0.1, 0.15) is 0 Å². The Balaban J connectivity index is 0.000000399. The number of aliphatic imine (C=N–C) groups is 1. The summed E-state index contributed by atoms with van der Waals surface area (Å²) in [5.74, 6) is 0. The summed E-state index contributed by atoms with van der Waals surface area (Å²) in [4.78, 5) is 7.12. The first-order valence-electron chi connectivity index (χ1n) is 11.7. The highest BCUT2D eigenvalue weighted by Crippen LogP contribution is 2.23. The van der Waals surface area contributed by atoms with E-state index < -0.39 is 0 Å². The van der Waals surface area contributed by atoms with E-state index in [1.165, 1.54) is 28.8 Å². The smallest absolute Gasteiger partial charge is 0.0464 e. The SMILES string of the molecule is CCCc1ccc(Cl)cc1.C\C=C(CC)/C(C(/C)=N/C=C/CC)=C(/C)N1CCNCC1. The molecule has 0 unspecified atom stereocenters. The summed E-state index contributed by atoms with van der Waals surface area (Å²) in [7, 11) is 0. The molecule has 1 aromatic rings. The summed E-state index contributed by atoms with van der Waals surface area (Å²) >= 11 is 5.71. The van der Waals surface area contributed by atoms with Gasteiger partial charge in [0.15, 0.2) is 0 Å². The molecule has 0 bridgehead atoms. The molecule has 1 aliphatic heterocycles. The minimum absolute atomic E-state index is 0.819. The van der Waals surface area contributed by atoms with E-state index in [9.17, 15) is 0 Å². The minimum atomic E-state index is 0.819. The van der Waals surface area contributed by atoms with Crippen LogP contribution in [0.3, 0.4) is 0 Å². The lowest BCUT2D eigenvalue weighted by atomic mass is 9.96. The van der Waals surface area contributed by atoms with Crippen LogP contribution in [0.2, 0.25) is 5.02 Å². The number of nitrogens with one attached hydrogen (secondary N) is 1. The minimum Gasteiger partial charge on any atom is -0.372 e. The molecule has 0 amide bonds. The Morgan fingerprint density at radius 3 is 2.26 bits per heavy atom. The molecule has 172 valence electrons. The molecule has 1 aliphatic rings. The van der Waals surface area contributed by atoms with Crippen molar-refractivity contribution in [3.8, 4) is 0 Å². The van der Waals surface area contributed by atoms with Crippen molar-refractivity contribution in [3.63, 3.8) is 0 Å². The van der Waals surface area contributed by atoms with Crippen LogP contribution >= 0.6 is 11.6 Å². The third kappa shape index (κ3) is 9.88. The molecule has 2 rings (SSSR count). The van der Waals surface area contributed by atoms with Crippen LogP contribution in [0.5, 0.6) is 0 Å². The summed E-state index contributed by atoms with van der Waals surface area (Å²) < 4.78 is 0. The lowest BCUT2D eigenvalue weighted by Crippen LogP contribution is -2.43. The second kappa shape index (κ2) is 15.9. The lowest BCUT2D eigenvalue weighted by Gasteiger charge is -2.32. The first-order valence-corrected chi connectivity index (χ1v) is 12.1. The Hall–Kier alpha value is -1.84. The zero-order chi connectivity index (χ0) is 23.1. The lowest BCUT2D eigenvalue weighted by molar-refractivity contribution is 0.298. The van der Waals surface area contributed by atoms with Crippen molar-refractivity contribution in [1.29, 1.82) is 0 Å². The van der Waals surface area contributed by atoms with E-state index in [2.05, 4.69) is 81.0 Å². The second-order valence-electron chi connectivity index (χ2n) is 7.75. The average molecular weight is 444 g/mol. The molecule has 3 nitrogen and oxygen atoms in total. The Kier molecular flexibility index (Phi) is 13.9. The number of aryl methyl sites for hydroxylation is 1. The fourth-order valence-electron chi connectivity index (χ4n) is 3.68. The van der Waals surface area contributed by atoms with Gasteiger partial charge in [-0.3, -0.25) is 4.99 Å². The van der Waals surface area contributed by atoms with Crippen LogP contribution in [0, 0.1) is 0 Å². The van der Waals surface area contributed by atoms with Gasteiger partial charge >= 0.3 is 0 Å². The Labute approximate surface area is 196 Å². The van der Waals surface area contributed by atoms with E-state index in [1.54, 1.807) is 0 Å². The van der Waals surface area contributed by atoms with Crippen molar-refractivity contribution in [3.05, 3.63) is 70.0 Å². The largest absolute Gasteiger partial charge is 0.372 e. The summed E-state index contributed by atoms with van der Waals surface area (Å²) in [6, 6.07) is 8.02. The van der Waals surface area contributed by atoms with Gasteiger partial charge in [-0.2, -0.15) is 0 Å². The molecule has 1 fully saturated rings. The fourth-order valence-corrected chi connectivity index (χ4v) is 3.81. The van der Waals surface area contributed by atoms with E-state index in [0.717, 1.165) is 56.2 Å². The van der Waals surface area contributed by atoms with E-state index in [-0.39, 0.29) is 0 Å². The molecular weight excluding hydrogens is 402 g/mol. The second-order valence-corrected chi connectivity index (χ2v) is 8.19. The summed E-state index contributed by atoms with van der Waals surface area (Å²) in [6.07, 6.45) is 10.7. The predicted octanol–water partition coefficient (Wildman–Crippen LogP) is 7.20. The zero-order valence-electron chi connectivity index (χ0n) is 20.5. The normalized spacial score (nSPS) is 16.2. The third-order valence-electron chi connectivity index (χ3n) is 5.43. The van der Waals surface area contributed by atoms with Crippen molar-refractivity contribution in [1.82, 2.24) is 10.2 Å².